The number of hydrogen-bond donors (Lipinski definition) is 2. The van der Waals surface area contributed by atoms with E-state index in [2.05, 4.69) is 68.3 Å². The number of nitrogens with zero attached hydrogens (tertiary/aromatic N) is 3. The van der Waals surface area contributed by atoms with Crippen molar-refractivity contribution in [2.75, 3.05) is 19.7 Å². The summed E-state index contributed by atoms with van der Waals surface area (Å²) < 4.78 is 2.12. The molecule has 0 radical (unpaired) electrons. The second kappa shape index (κ2) is 8.01. The van der Waals surface area contributed by atoms with Crippen molar-refractivity contribution < 1.29 is 5.11 Å². The molecule has 1 fully saturated rings. The molecule has 0 spiro atoms. The molecule has 29 heavy (non-hydrogen) atoms. The van der Waals surface area contributed by atoms with Crippen LogP contribution in [0.3, 0.4) is 0 Å². The van der Waals surface area contributed by atoms with Crippen LogP contribution in [0.2, 0.25) is 0 Å². The van der Waals surface area contributed by atoms with Gasteiger partial charge in [-0.05, 0) is 78.6 Å². The minimum Gasteiger partial charge on any atom is -0.395 e. The van der Waals surface area contributed by atoms with Crippen LogP contribution in [0.1, 0.15) is 24.0 Å². The maximum atomic E-state index is 9.21. The van der Waals surface area contributed by atoms with E-state index in [1.807, 2.05) is 6.20 Å². The number of fused-ring (bicyclic) bond motifs is 2. The SMILES string of the molecule is OCCn1ccc2cc(CN3CCC[C@H](Cc4ccc5[nH]ncc5c4)C3)ccc21. The van der Waals surface area contributed by atoms with Crippen molar-refractivity contribution in [2.45, 2.75) is 32.4 Å². The summed E-state index contributed by atoms with van der Waals surface area (Å²) in [6.07, 6.45) is 7.70. The topological polar surface area (TPSA) is 57.1 Å². The summed E-state index contributed by atoms with van der Waals surface area (Å²) >= 11 is 0. The summed E-state index contributed by atoms with van der Waals surface area (Å²) in [7, 11) is 0. The van der Waals surface area contributed by atoms with Crippen LogP contribution in [-0.2, 0) is 19.5 Å². The van der Waals surface area contributed by atoms with Crippen LogP contribution in [0.25, 0.3) is 21.8 Å². The Morgan fingerprint density at radius 2 is 1.97 bits per heavy atom. The minimum atomic E-state index is 0.175. The predicted octanol–water partition coefficient (Wildman–Crippen LogP) is 3.96. The fraction of sp³-hybridized carbons (Fsp3) is 0.375. The lowest BCUT2D eigenvalue weighted by Crippen LogP contribution is -2.35. The summed E-state index contributed by atoms with van der Waals surface area (Å²) in [5.74, 6) is 0.711. The maximum absolute atomic E-state index is 9.21. The molecule has 150 valence electrons. The van der Waals surface area contributed by atoms with Crippen molar-refractivity contribution in [3.63, 3.8) is 0 Å². The molecule has 1 aliphatic rings. The molecule has 1 atom stereocenters. The third-order valence-corrected chi connectivity index (χ3v) is 6.21. The molecule has 3 heterocycles. The first kappa shape index (κ1) is 18.4. The Bertz CT molecular complexity index is 1110. The molecule has 5 heteroatoms. The van der Waals surface area contributed by atoms with Crippen LogP contribution in [0.5, 0.6) is 0 Å². The Labute approximate surface area is 171 Å². The third-order valence-electron chi connectivity index (χ3n) is 6.21. The molecule has 2 aromatic heterocycles. The van der Waals surface area contributed by atoms with Gasteiger partial charge in [-0.15, -0.1) is 0 Å². The average molecular weight is 389 g/mol. The lowest BCUT2D eigenvalue weighted by molar-refractivity contribution is 0.167. The number of H-pyrrole nitrogens is 1. The Morgan fingerprint density at radius 3 is 2.90 bits per heavy atom. The highest BCUT2D eigenvalue weighted by Gasteiger charge is 2.20. The zero-order valence-electron chi connectivity index (χ0n) is 16.7. The van der Waals surface area contributed by atoms with Gasteiger partial charge in [0.2, 0.25) is 0 Å². The Balaban J connectivity index is 1.25. The molecular formula is C24H28N4O. The highest BCUT2D eigenvalue weighted by molar-refractivity contribution is 5.81. The van der Waals surface area contributed by atoms with Crippen molar-refractivity contribution in [1.29, 1.82) is 0 Å². The molecule has 2 N–H and O–H groups in total. The molecule has 1 saturated heterocycles. The van der Waals surface area contributed by atoms with Gasteiger partial charge in [-0.2, -0.15) is 5.10 Å². The van der Waals surface area contributed by atoms with E-state index in [1.165, 1.54) is 46.8 Å². The second-order valence-corrected chi connectivity index (χ2v) is 8.37. The van der Waals surface area contributed by atoms with Gasteiger partial charge in [0, 0.05) is 36.7 Å². The summed E-state index contributed by atoms with van der Waals surface area (Å²) in [5.41, 5.74) is 5.10. The van der Waals surface area contributed by atoms with Crippen molar-refractivity contribution in [3.8, 4) is 0 Å². The van der Waals surface area contributed by atoms with Crippen molar-refractivity contribution in [1.82, 2.24) is 19.7 Å². The number of nitrogens with one attached hydrogen (secondary N) is 1. The average Bonchev–Trinajstić information content (AvgIpc) is 3.35. The fourth-order valence-electron chi connectivity index (χ4n) is 4.82. The number of rotatable bonds is 6. The first-order valence-corrected chi connectivity index (χ1v) is 10.6. The molecule has 5 rings (SSSR count). The third kappa shape index (κ3) is 3.93. The first-order valence-electron chi connectivity index (χ1n) is 10.6. The van der Waals surface area contributed by atoms with E-state index in [0.29, 0.717) is 12.5 Å². The number of hydrogen-bond acceptors (Lipinski definition) is 3. The minimum absolute atomic E-state index is 0.175. The van der Waals surface area contributed by atoms with Gasteiger partial charge in [-0.25, -0.2) is 0 Å². The monoisotopic (exact) mass is 388 g/mol. The summed E-state index contributed by atoms with van der Waals surface area (Å²) in [5, 5.41) is 18.8. The number of benzene rings is 2. The van der Waals surface area contributed by atoms with Gasteiger partial charge >= 0.3 is 0 Å². The van der Waals surface area contributed by atoms with Crippen LogP contribution in [0.15, 0.2) is 54.9 Å². The molecular weight excluding hydrogens is 360 g/mol. The molecule has 0 saturated carbocycles. The van der Waals surface area contributed by atoms with Crippen molar-refractivity contribution in [2.24, 2.45) is 5.92 Å². The quantitative estimate of drug-likeness (QED) is 0.526. The zero-order chi connectivity index (χ0) is 19.6. The van der Waals surface area contributed by atoms with E-state index in [9.17, 15) is 5.11 Å². The first-order chi connectivity index (χ1) is 14.3. The van der Waals surface area contributed by atoms with Gasteiger partial charge in [-0.1, -0.05) is 12.1 Å². The number of piperidine rings is 1. The molecule has 2 aromatic carbocycles. The van der Waals surface area contributed by atoms with E-state index in [0.717, 1.165) is 25.0 Å². The van der Waals surface area contributed by atoms with Crippen LogP contribution in [-0.4, -0.2) is 44.5 Å². The van der Waals surface area contributed by atoms with Gasteiger partial charge in [0.1, 0.15) is 0 Å². The lowest BCUT2D eigenvalue weighted by Gasteiger charge is -2.33. The van der Waals surface area contributed by atoms with E-state index >= 15 is 0 Å². The van der Waals surface area contributed by atoms with Crippen LogP contribution >= 0.6 is 0 Å². The molecule has 0 amide bonds. The standard InChI is InChI=1S/C24H28N4O/c29-11-10-28-9-7-21-14-20(4-6-24(21)28)17-27-8-1-2-19(16-27)12-18-3-5-23-22(13-18)15-25-26-23/h3-7,9,13-15,19,29H,1-2,8,10-12,16-17H2,(H,25,26)/t19-/m1/s1. The largest absolute Gasteiger partial charge is 0.395 e. The number of likely N-dealkylation sites (tertiary alicyclic amines) is 1. The van der Waals surface area contributed by atoms with Crippen LogP contribution in [0, 0.1) is 5.92 Å². The summed E-state index contributed by atoms with van der Waals surface area (Å²) in [6.45, 7) is 4.18. The number of aromatic amines is 1. The second-order valence-electron chi connectivity index (χ2n) is 8.37. The zero-order valence-corrected chi connectivity index (χ0v) is 16.7. The van der Waals surface area contributed by atoms with Gasteiger partial charge in [-0.3, -0.25) is 10.00 Å². The number of aliphatic hydroxyl groups excluding tert-OH is 1. The molecule has 5 nitrogen and oxygen atoms in total. The van der Waals surface area contributed by atoms with E-state index in [1.54, 1.807) is 0 Å². The highest BCUT2D eigenvalue weighted by Crippen LogP contribution is 2.25. The predicted molar refractivity (Wildman–Crippen MR) is 117 cm³/mol. The van der Waals surface area contributed by atoms with Crippen molar-refractivity contribution >= 4 is 21.8 Å². The van der Waals surface area contributed by atoms with E-state index < -0.39 is 0 Å². The highest BCUT2D eigenvalue weighted by atomic mass is 16.3. The Kier molecular flexibility index (Phi) is 5.08. The number of aromatic nitrogens is 3. The fourth-order valence-corrected chi connectivity index (χ4v) is 4.82. The summed E-state index contributed by atoms with van der Waals surface area (Å²) in [4.78, 5) is 2.61. The van der Waals surface area contributed by atoms with Gasteiger partial charge in [0.05, 0.1) is 18.3 Å². The number of aliphatic hydroxyl groups is 1. The van der Waals surface area contributed by atoms with Crippen LogP contribution in [0.4, 0.5) is 0 Å². The van der Waals surface area contributed by atoms with E-state index in [-0.39, 0.29) is 6.61 Å². The van der Waals surface area contributed by atoms with E-state index in [4.69, 9.17) is 0 Å². The molecule has 0 aliphatic carbocycles. The van der Waals surface area contributed by atoms with Gasteiger partial charge in [0.25, 0.3) is 0 Å². The smallest absolute Gasteiger partial charge is 0.0650 e. The lowest BCUT2D eigenvalue weighted by atomic mass is 9.90. The van der Waals surface area contributed by atoms with Crippen LogP contribution < -0.4 is 0 Å². The summed E-state index contributed by atoms with van der Waals surface area (Å²) in [6, 6.07) is 15.6. The molecule has 0 bridgehead atoms. The maximum Gasteiger partial charge on any atom is 0.0650 e. The van der Waals surface area contributed by atoms with Gasteiger partial charge < -0.3 is 9.67 Å². The Morgan fingerprint density at radius 1 is 1.07 bits per heavy atom. The van der Waals surface area contributed by atoms with Gasteiger partial charge in [0.15, 0.2) is 0 Å². The Hall–Kier alpha value is -2.63. The van der Waals surface area contributed by atoms with Crippen molar-refractivity contribution in [3.05, 3.63) is 66.0 Å². The molecule has 0 unspecified atom stereocenters. The molecule has 4 aromatic rings. The normalized spacial score (nSPS) is 18.0. The molecule has 1 aliphatic heterocycles.